The third kappa shape index (κ3) is 5.73. The summed E-state index contributed by atoms with van der Waals surface area (Å²) < 4.78 is 28.7. The van der Waals surface area contributed by atoms with E-state index < -0.39 is 54.3 Å². The Kier molecular flexibility index (Phi) is 8.79. The Morgan fingerprint density at radius 2 is 0.981 bits per heavy atom. The molecule has 8 rings (SSSR count). The molecule has 0 saturated carbocycles. The van der Waals surface area contributed by atoms with Gasteiger partial charge in [0, 0.05) is 10.5 Å². The Morgan fingerprint density at radius 3 is 1.40 bits per heavy atom. The molecular weight excluding hydrogens is 673 g/mol. The Labute approximate surface area is 303 Å². The van der Waals surface area contributed by atoms with Crippen molar-refractivity contribution in [2.75, 3.05) is 6.54 Å². The van der Waals surface area contributed by atoms with E-state index in [-0.39, 0.29) is 0 Å². The normalized spacial score (nSPS) is 21.8. The largest absolute Gasteiger partial charge is 0.631 e. The Hall–Kier alpha value is -4.79. The molecule has 2 saturated heterocycles. The number of hydrogen-bond acceptors (Lipinski definition) is 7. The summed E-state index contributed by atoms with van der Waals surface area (Å²) in [6.45, 7) is 2.95. The molecule has 2 fully saturated rings. The van der Waals surface area contributed by atoms with E-state index in [0.717, 1.165) is 5.39 Å². The van der Waals surface area contributed by atoms with Gasteiger partial charge in [-0.25, -0.2) is 0 Å². The Balaban J connectivity index is 1.52. The number of fused-ring (bicyclic) bond motifs is 2. The van der Waals surface area contributed by atoms with Crippen molar-refractivity contribution in [2.45, 2.75) is 48.7 Å². The van der Waals surface area contributed by atoms with E-state index in [1.807, 2.05) is 172 Å². The first-order valence-electron chi connectivity index (χ1n) is 17.3. The molecule has 52 heavy (non-hydrogen) atoms. The highest BCUT2D eigenvalue weighted by Crippen LogP contribution is 2.76. The summed E-state index contributed by atoms with van der Waals surface area (Å²) in [5, 5.41) is 14.4. The fourth-order valence-corrected chi connectivity index (χ4v) is 10.6. The number of nitro groups is 1. The quantitative estimate of drug-likeness (QED) is 0.0884. The lowest BCUT2D eigenvalue weighted by Crippen LogP contribution is -2.53. The van der Waals surface area contributed by atoms with Crippen LogP contribution in [0.2, 0.25) is 0 Å². The molecule has 8 nitrogen and oxygen atoms in total. The first kappa shape index (κ1) is 34.3. The topological polar surface area (TPSA) is 103 Å². The molecule has 0 amide bonds. The molecule has 3 atom stereocenters. The van der Waals surface area contributed by atoms with Gasteiger partial charge < -0.3 is 14.4 Å². The molecule has 0 radical (unpaired) electrons. The molecule has 6 aromatic carbocycles. The van der Waals surface area contributed by atoms with Crippen molar-refractivity contribution < 1.29 is 28.3 Å². The average Bonchev–Trinajstić information content (AvgIpc) is 3.47. The van der Waals surface area contributed by atoms with Gasteiger partial charge >= 0.3 is 0 Å². The van der Waals surface area contributed by atoms with Crippen molar-refractivity contribution in [2.24, 2.45) is 0 Å². The Bertz CT molecular complexity index is 2000. The van der Waals surface area contributed by atoms with Gasteiger partial charge in [0.15, 0.2) is 17.0 Å². The van der Waals surface area contributed by atoms with Gasteiger partial charge in [-0.15, -0.1) is 0 Å². The zero-order valence-electron chi connectivity index (χ0n) is 28.8. The summed E-state index contributed by atoms with van der Waals surface area (Å²) in [6.07, 6.45) is -1.96. The lowest BCUT2D eigenvalue weighted by molar-refractivity contribution is -0.481. The van der Waals surface area contributed by atoms with Gasteiger partial charge in [0.2, 0.25) is 12.2 Å². The van der Waals surface area contributed by atoms with Crippen LogP contribution in [-0.2, 0) is 29.7 Å². The Morgan fingerprint density at radius 1 is 0.596 bits per heavy atom. The fraction of sp³-hybridized carbons (Fsp3) is 0.209. The average molecular weight is 712 g/mol. The summed E-state index contributed by atoms with van der Waals surface area (Å²) in [6, 6.07) is 51.0. The zero-order chi connectivity index (χ0) is 36.0. The van der Waals surface area contributed by atoms with E-state index in [2.05, 4.69) is 0 Å². The van der Waals surface area contributed by atoms with Gasteiger partial charge in [-0.3, -0.25) is 10.1 Å². The van der Waals surface area contributed by atoms with Crippen LogP contribution in [0.5, 0.6) is 0 Å². The third-order valence-corrected chi connectivity index (χ3v) is 12.4. The second-order valence-electron chi connectivity index (χ2n) is 13.7. The summed E-state index contributed by atoms with van der Waals surface area (Å²) in [5.41, 5.74) is -1.60. The second kappa shape index (κ2) is 13.3. The lowest BCUT2D eigenvalue weighted by Gasteiger charge is -2.43. The maximum atomic E-state index is 16.8. The molecule has 2 aliphatic rings. The highest BCUT2D eigenvalue weighted by atomic mass is 31.2. The minimum Gasteiger partial charge on any atom is -0.631 e. The van der Waals surface area contributed by atoms with Crippen LogP contribution in [0.4, 0.5) is 0 Å². The number of rotatable bonds is 8. The van der Waals surface area contributed by atoms with Crippen LogP contribution in [0.3, 0.4) is 0 Å². The molecule has 262 valence electrons. The van der Waals surface area contributed by atoms with Gasteiger partial charge in [-0.1, -0.05) is 164 Å². The maximum absolute atomic E-state index is 16.8. The van der Waals surface area contributed by atoms with E-state index in [0.29, 0.717) is 33.2 Å². The number of hydrogen-bond donors (Lipinski definition) is 0. The highest BCUT2D eigenvalue weighted by Gasteiger charge is 2.73. The van der Waals surface area contributed by atoms with Crippen LogP contribution in [-0.4, -0.2) is 29.5 Å². The summed E-state index contributed by atoms with van der Waals surface area (Å²) >= 11 is 0. The second-order valence-corrected chi connectivity index (χ2v) is 15.8. The number of ether oxygens (including phenoxy) is 2. The van der Waals surface area contributed by atoms with Gasteiger partial charge in [0.05, 0.1) is 0 Å². The van der Waals surface area contributed by atoms with Crippen molar-refractivity contribution in [3.05, 3.63) is 202 Å². The lowest BCUT2D eigenvalue weighted by atomic mass is 9.72. The zero-order valence-corrected chi connectivity index (χ0v) is 29.7. The van der Waals surface area contributed by atoms with Crippen molar-refractivity contribution in [1.29, 1.82) is 0 Å². The smallest absolute Gasteiger partial charge is 0.255 e. The van der Waals surface area contributed by atoms with Crippen LogP contribution in [0.15, 0.2) is 164 Å². The summed E-state index contributed by atoms with van der Waals surface area (Å²) in [4.78, 5) is 29.1. The van der Waals surface area contributed by atoms with E-state index in [1.54, 1.807) is 6.07 Å². The first-order chi connectivity index (χ1) is 25.2. The molecule has 0 N–H and O–H groups in total. The summed E-state index contributed by atoms with van der Waals surface area (Å²) in [7, 11) is -4.75. The van der Waals surface area contributed by atoms with E-state index in [9.17, 15) is 10.1 Å². The molecule has 2 aliphatic heterocycles. The highest BCUT2D eigenvalue weighted by molar-refractivity contribution is 7.59. The molecular formula is C43H38NO7P. The fourth-order valence-electron chi connectivity index (χ4n) is 8.00. The van der Waals surface area contributed by atoms with Crippen LogP contribution in [0.25, 0.3) is 10.8 Å². The van der Waals surface area contributed by atoms with Crippen molar-refractivity contribution in [1.82, 2.24) is 0 Å². The van der Waals surface area contributed by atoms with Crippen LogP contribution < -0.4 is 4.89 Å². The predicted molar refractivity (Wildman–Crippen MR) is 199 cm³/mol. The summed E-state index contributed by atoms with van der Waals surface area (Å²) in [5.74, 6) is -1.15. The van der Waals surface area contributed by atoms with Gasteiger partial charge in [0.25, 0.3) is 7.94 Å². The van der Waals surface area contributed by atoms with E-state index in [4.69, 9.17) is 18.5 Å². The minimum atomic E-state index is -4.75. The molecule has 0 spiro atoms. The third-order valence-electron chi connectivity index (χ3n) is 10.1. The van der Waals surface area contributed by atoms with Gasteiger partial charge in [0.1, 0.15) is 12.2 Å². The predicted octanol–water partition coefficient (Wildman–Crippen LogP) is 8.74. The van der Waals surface area contributed by atoms with E-state index in [1.165, 1.54) is 0 Å². The number of benzene rings is 6. The van der Waals surface area contributed by atoms with E-state index >= 15 is 4.89 Å². The molecule has 2 heterocycles. The molecule has 6 aromatic rings. The van der Waals surface area contributed by atoms with Crippen molar-refractivity contribution >= 4 is 18.7 Å². The van der Waals surface area contributed by atoms with Gasteiger partial charge in [-0.05, 0) is 46.9 Å². The van der Waals surface area contributed by atoms with Crippen molar-refractivity contribution in [3.8, 4) is 0 Å². The molecule has 9 heteroatoms. The van der Waals surface area contributed by atoms with Crippen molar-refractivity contribution in [3.63, 3.8) is 0 Å². The van der Waals surface area contributed by atoms with Gasteiger partial charge in [-0.2, -0.15) is 9.05 Å². The first-order valence-corrected chi connectivity index (χ1v) is 19.0. The number of nitrogens with zero attached hydrogens (tertiary/aromatic N) is 1. The van der Waals surface area contributed by atoms with Crippen LogP contribution in [0.1, 0.15) is 47.3 Å². The molecule has 0 bridgehead atoms. The molecule has 0 unspecified atom stereocenters. The monoisotopic (exact) mass is 711 g/mol. The standard InChI is InChI=1S/C43H38NO7P/c1-41(2)48-39-40(49-41)43(34-24-11-5-12-25-34,35-26-13-6-14-27-35)51-52(47,38(30-44(45)46)37-29-17-19-31-18-15-16-28-36(31)37)50-42(39,32-20-7-3-8-21-32)33-22-9-4-10-23-33/h3-29,38-40H,30H2,1-2H3/t38-,39+,40+/m0/s1. The molecule has 0 aliphatic carbocycles. The SMILES string of the molecule is CC1(C)O[C@@H]2[C@@H](O1)C(c1ccccc1)(c1ccccc1)O[P+]([O-])([C@@H](C[N+](=O)[O-])c1cccc3ccccc13)OC2(c1ccccc1)c1ccccc1. The van der Waals surface area contributed by atoms with Crippen LogP contribution in [0, 0.1) is 10.1 Å². The minimum absolute atomic E-state index is 0.444. The van der Waals surface area contributed by atoms with Crippen LogP contribution >= 0.6 is 7.94 Å². The maximum Gasteiger partial charge on any atom is 0.255 e. The molecule has 0 aromatic heterocycles.